The van der Waals surface area contributed by atoms with Crippen molar-refractivity contribution < 1.29 is 4.79 Å². The molecule has 6 heteroatoms. The molecule has 1 fully saturated rings. The fourth-order valence-electron chi connectivity index (χ4n) is 3.78. The predicted molar refractivity (Wildman–Crippen MR) is 116 cm³/mol. The van der Waals surface area contributed by atoms with Gasteiger partial charge in [0.2, 0.25) is 0 Å². The highest BCUT2D eigenvalue weighted by molar-refractivity contribution is 6.02. The molecule has 0 saturated carbocycles. The molecule has 1 aliphatic heterocycles. The van der Waals surface area contributed by atoms with E-state index in [9.17, 15) is 4.79 Å². The lowest BCUT2D eigenvalue weighted by Crippen LogP contribution is -2.35. The van der Waals surface area contributed by atoms with Crippen molar-refractivity contribution in [2.24, 2.45) is 5.92 Å². The number of anilines is 2. The summed E-state index contributed by atoms with van der Waals surface area (Å²) in [5, 5.41) is 11.7. The van der Waals surface area contributed by atoms with E-state index in [4.69, 9.17) is 5.26 Å². The van der Waals surface area contributed by atoms with Crippen molar-refractivity contribution in [2.75, 3.05) is 23.3 Å². The van der Waals surface area contributed by atoms with E-state index < -0.39 is 0 Å². The highest BCUT2D eigenvalue weighted by Gasteiger charge is 2.21. The van der Waals surface area contributed by atoms with Crippen LogP contribution in [0.25, 0.3) is 0 Å². The lowest BCUT2D eigenvalue weighted by molar-refractivity contribution is 0.102. The summed E-state index contributed by atoms with van der Waals surface area (Å²) in [6, 6.07) is 19.5. The number of hydrogen-bond donors (Lipinski definition) is 1. The molecule has 4 rings (SSSR count). The van der Waals surface area contributed by atoms with Crippen molar-refractivity contribution in [1.29, 1.82) is 5.26 Å². The minimum atomic E-state index is -0.342. The standard InChI is InChI=1S/C24H23N5O/c25-15-20-7-4-8-21(14-20)28-24(30)22-16-27-23(17-26-22)29-11-9-19(10-12-29)13-18-5-2-1-3-6-18/h1-8,14,16-17,19H,9-13H2,(H,28,30). The van der Waals surface area contributed by atoms with Gasteiger partial charge in [0.1, 0.15) is 11.5 Å². The van der Waals surface area contributed by atoms with Gasteiger partial charge >= 0.3 is 0 Å². The quantitative estimate of drug-likeness (QED) is 0.702. The molecule has 3 aromatic rings. The number of nitrogens with one attached hydrogen (secondary N) is 1. The maximum atomic E-state index is 12.4. The van der Waals surface area contributed by atoms with Crippen LogP contribution in [0.1, 0.15) is 34.5 Å². The summed E-state index contributed by atoms with van der Waals surface area (Å²) in [4.78, 5) is 23.4. The van der Waals surface area contributed by atoms with Gasteiger partial charge in [-0.3, -0.25) is 4.79 Å². The molecule has 6 nitrogen and oxygen atoms in total. The third kappa shape index (κ3) is 4.81. The van der Waals surface area contributed by atoms with Crippen molar-refractivity contribution in [3.63, 3.8) is 0 Å². The summed E-state index contributed by atoms with van der Waals surface area (Å²) in [5.41, 5.74) is 2.70. The Morgan fingerprint density at radius 2 is 1.87 bits per heavy atom. The third-order valence-corrected chi connectivity index (χ3v) is 5.43. The van der Waals surface area contributed by atoms with Crippen molar-refractivity contribution >= 4 is 17.4 Å². The minimum Gasteiger partial charge on any atom is -0.355 e. The normalized spacial score (nSPS) is 14.2. The molecular weight excluding hydrogens is 374 g/mol. The zero-order valence-corrected chi connectivity index (χ0v) is 16.7. The molecule has 2 heterocycles. The summed E-state index contributed by atoms with van der Waals surface area (Å²) in [5.74, 6) is 1.15. The van der Waals surface area contributed by atoms with Gasteiger partial charge in [-0.15, -0.1) is 0 Å². The van der Waals surface area contributed by atoms with E-state index >= 15 is 0 Å². The van der Waals surface area contributed by atoms with Gasteiger partial charge in [0, 0.05) is 18.8 Å². The molecule has 2 aromatic carbocycles. The first kappa shape index (κ1) is 19.6. The fraction of sp³-hybridized carbons (Fsp3) is 0.250. The molecule has 1 aromatic heterocycles. The van der Waals surface area contributed by atoms with Crippen LogP contribution in [0.15, 0.2) is 67.0 Å². The molecule has 150 valence electrons. The van der Waals surface area contributed by atoms with Crippen molar-refractivity contribution in [3.05, 3.63) is 83.8 Å². The van der Waals surface area contributed by atoms with Crippen LogP contribution in [-0.2, 0) is 6.42 Å². The average Bonchev–Trinajstić information content (AvgIpc) is 2.80. The molecule has 0 unspecified atom stereocenters. The van der Waals surface area contributed by atoms with E-state index in [1.807, 2.05) is 0 Å². The lowest BCUT2D eigenvalue weighted by atomic mass is 9.90. The van der Waals surface area contributed by atoms with E-state index in [1.54, 1.807) is 30.5 Å². The van der Waals surface area contributed by atoms with Gasteiger partial charge in [-0.25, -0.2) is 9.97 Å². The van der Waals surface area contributed by atoms with Crippen LogP contribution < -0.4 is 10.2 Å². The molecule has 0 radical (unpaired) electrons. The number of hydrogen-bond acceptors (Lipinski definition) is 5. The van der Waals surface area contributed by atoms with Crippen molar-refractivity contribution in [2.45, 2.75) is 19.3 Å². The number of nitrogens with zero attached hydrogens (tertiary/aromatic N) is 4. The zero-order valence-electron chi connectivity index (χ0n) is 16.7. The number of carbonyl (C=O) groups is 1. The summed E-state index contributed by atoms with van der Waals surface area (Å²) < 4.78 is 0. The zero-order chi connectivity index (χ0) is 20.8. The molecule has 0 spiro atoms. The first-order valence-corrected chi connectivity index (χ1v) is 10.1. The fourth-order valence-corrected chi connectivity index (χ4v) is 3.78. The molecule has 1 N–H and O–H groups in total. The molecular formula is C24H23N5O. The third-order valence-electron chi connectivity index (χ3n) is 5.43. The first-order chi connectivity index (χ1) is 14.7. The van der Waals surface area contributed by atoms with Gasteiger partial charge in [0.05, 0.1) is 24.0 Å². The number of piperidine rings is 1. The Balaban J connectivity index is 1.32. The predicted octanol–water partition coefficient (Wildman–Crippen LogP) is 4.06. The summed E-state index contributed by atoms with van der Waals surface area (Å²) in [6.45, 7) is 1.89. The maximum Gasteiger partial charge on any atom is 0.275 e. The second kappa shape index (κ2) is 9.19. The Kier molecular flexibility index (Phi) is 6.00. The maximum absolute atomic E-state index is 12.4. The Hall–Kier alpha value is -3.72. The smallest absolute Gasteiger partial charge is 0.275 e. The van der Waals surface area contributed by atoms with Crippen molar-refractivity contribution in [3.8, 4) is 6.07 Å². The minimum absolute atomic E-state index is 0.250. The molecule has 0 aliphatic carbocycles. The number of benzene rings is 2. The Morgan fingerprint density at radius 3 is 2.57 bits per heavy atom. The van der Waals surface area contributed by atoms with Gasteiger partial charge in [-0.2, -0.15) is 5.26 Å². The highest BCUT2D eigenvalue weighted by Crippen LogP contribution is 2.24. The Labute approximate surface area is 176 Å². The van der Waals surface area contributed by atoms with Gasteiger partial charge in [-0.1, -0.05) is 36.4 Å². The lowest BCUT2D eigenvalue weighted by Gasteiger charge is -2.32. The van der Waals surface area contributed by atoms with Gasteiger partial charge < -0.3 is 10.2 Å². The van der Waals surface area contributed by atoms with Crippen LogP contribution >= 0.6 is 0 Å². The second-order valence-electron chi connectivity index (χ2n) is 7.53. The number of rotatable bonds is 5. The first-order valence-electron chi connectivity index (χ1n) is 10.1. The van der Waals surface area contributed by atoms with Gasteiger partial charge in [0.25, 0.3) is 5.91 Å². The summed E-state index contributed by atoms with van der Waals surface area (Å²) in [6.07, 6.45) is 6.53. The average molecular weight is 397 g/mol. The van der Waals surface area contributed by atoms with Crippen LogP contribution in [0, 0.1) is 17.2 Å². The SMILES string of the molecule is N#Cc1cccc(NC(=O)c2cnc(N3CCC(Cc4ccccc4)CC3)cn2)c1. The van der Waals surface area contributed by atoms with E-state index in [0.717, 1.165) is 38.2 Å². The second-order valence-corrected chi connectivity index (χ2v) is 7.53. The van der Waals surface area contributed by atoms with Crippen LogP contribution in [-0.4, -0.2) is 29.0 Å². The van der Waals surface area contributed by atoms with Crippen LogP contribution in [0.4, 0.5) is 11.5 Å². The molecule has 0 atom stereocenters. The molecule has 0 bridgehead atoms. The molecule has 30 heavy (non-hydrogen) atoms. The summed E-state index contributed by atoms with van der Waals surface area (Å²) in [7, 11) is 0. The Morgan fingerprint density at radius 1 is 1.07 bits per heavy atom. The number of aromatic nitrogens is 2. The van der Waals surface area contributed by atoms with Crippen molar-refractivity contribution in [1.82, 2.24) is 9.97 Å². The molecule has 1 aliphatic rings. The van der Waals surface area contributed by atoms with Gasteiger partial charge in [-0.05, 0) is 48.9 Å². The molecule has 1 saturated heterocycles. The number of nitriles is 1. The number of carbonyl (C=O) groups excluding carboxylic acids is 1. The highest BCUT2D eigenvalue weighted by atomic mass is 16.1. The Bertz CT molecular complexity index is 1040. The number of amides is 1. The van der Waals surface area contributed by atoms with E-state index in [1.165, 1.54) is 11.8 Å². The van der Waals surface area contributed by atoms with Crippen LogP contribution in [0.5, 0.6) is 0 Å². The topological polar surface area (TPSA) is 81.9 Å². The summed E-state index contributed by atoms with van der Waals surface area (Å²) >= 11 is 0. The largest absolute Gasteiger partial charge is 0.355 e. The van der Waals surface area contributed by atoms with Crippen LogP contribution in [0.3, 0.4) is 0 Å². The van der Waals surface area contributed by atoms with E-state index in [2.05, 4.69) is 56.6 Å². The molecule has 1 amide bonds. The van der Waals surface area contributed by atoms with Gasteiger partial charge in [0.15, 0.2) is 0 Å². The van der Waals surface area contributed by atoms with E-state index in [0.29, 0.717) is 17.2 Å². The van der Waals surface area contributed by atoms with Crippen LogP contribution in [0.2, 0.25) is 0 Å². The van der Waals surface area contributed by atoms with E-state index in [-0.39, 0.29) is 11.6 Å². The monoisotopic (exact) mass is 397 g/mol.